The van der Waals surface area contributed by atoms with Crippen LogP contribution in [0, 0.1) is 11.8 Å². The van der Waals surface area contributed by atoms with E-state index in [0.29, 0.717) is 18.6 Å². The van der Waals surface area contributed by atoms with Crippen molar-refractivity contribution in [3.63, 3.8) is 0 Å². The molecule has 21 heavy (non-hydrogen) atoms. The monoisotopic (exact) mass is 310 g/mol. The van der Waals surface area contributed by atoms with E-state index in [2.05, 4.69) is 45.7 Å². The molecule has 0 aliphatic heterocycles. The van der Waals surface area contributed by atoms with Crippen LogP contribution < -0.4 is 0 Å². The van der Waals surface area contributed by atoms with E-state index in [-0.39, 0.29) is 11.6 Å². The molecule has 1 saturated carbocycles. The van der Waals surface area contributed by atoms with Gasteiger partial charge in [-0.05, 0) is 43.5 Å². The fourth-order valence-electron chi connectivity index (χ4n) is 1.96. The van der Waals surface area contributed by atoms with Crippen LogP contribution in [0.1, 0.15) is 46.5 Å². The SMILES string of the molecule is CC(C)(C)[Si](C)(C)OCCC#C/C(=C/CO)C1(O)CCC1. The van der Waals surface area contributed by atoms with Gasteiger partial charge in [0.1, 0.15) is 0 Å². The third-order valence-corrected chi connectivity index (χ3v) is 9.23. The zero-order chi connectivity index (χ0) is 16.1. The van der Waals surface area contributed by atoms with E-state index in [1.54, 1.807) is 6.08 Å². The summed E-state index contributed by atoms with van der Waals surface area (Å²) in [6.07, 6.45) is 4.80. The lowest BCUT2D eigenvalue weighted by Crippen LogP contribution is -2.40. The standard InChI is InChI=1S/C17H30O3Si/c1-16(2,3)21(4,5)20-14-7-6-9-15(10-13-18)17(19)11-8-12-17/h10,18-19H,7-8,11-14H2,1-5H3/b15-10-. The average molecular weight is 311 g/mol. The van der Waals surface area contributed by atoms with E-state index in [0.717, 1.165) is 19.3 Å². The van der Waals surface area contributed by atoms with E-state index < -0.39 is 13.9 Å². The number of aliphatic hydroxyl groups excluding tert-OH is 1. The number of aliphatic hydroxyl groups is 2. The summed E-state index contributed by atoms with van der Waals surface area (Å²) < 4.78 is 6.07. The minimum Gasteiger partial charge on any atom is -0.416 e. The van der Waals surface area contributed by atoms with Gasteiger partial charge in [0, 0.05) is 18.6 Å². The highest BCUT2D eigenvalue weighted by molar-refractivity contribution is 6.74. The lowest BCUT2D eigenvalue weighted by Gasteiger charge is -2.37. The van der Waals surface area contributed by atoms with Crippen molar-refractivity contribution in [1.29, 1.82) is 0 Å². The largest absolute Gasteiger partial charge is 0.416 e. The Balaban J connectivity index is 2.50. The Morgan fingerprint density at radius 3 is 2.38 bits per heavy atom. The molecule has 0 aromatic rings. The Bertz CT molecular complexity index is 431. The van der Waals surface area contributed by atoms with Gasteiger partial charge in [0.2, 0.25) is 0 Å². The molecule has 0 aromatic carbocycles. The van der Waals surface area contributed by atoms with Gasteiger partial charge < -0.3 is 14.6 Å². The number of rotatable bonds is 5. The molecular formula is C17H30O3Si. The second-order valence-electron chi connectivity index (χ2n) is 7.35. The zero-order valence-electron chi connectivity index (χ0n) is 14.1. The molecule has 1 fully saturated rings. The fraction of sp³-hybridized carbons (Fsp3) is 0.765. The summed E-state index contributed by atoms with van der Waals surface area (Å²) in [7, 11) is -1.70. The van der Waals surface area contributed by atoms with Gasteiger partial charge in [0.25, 0.3) is 0 Å². The molecule has 0 aromatic heterocycles. The molecule has 0 saturated heterocycles. The molecular weight excluding hydrogens is 280 g/mol. The average Bonchev–Trinajstić information content (AvgIpc) is 2.32. The first-order chi connectivity index (χ1) is 9.62. The molecule has 3 nitrogen and oxygen atoms in total. The summed E-state index contributed by atoms with van der Waals surface area (Å²) in [5.41, 5.74) is -0.126. The van der Waals surface area contributed by atoms with Gasteiger partial charge in [0.05, 0.1) is 12.2 Å². The van der Waals surface area contributed by atoms with Gasteiger partial charge in [-0.15, -0.1) is 0 Å². The molecule has 0 radical (unpaired) electrons. The van der Waals surface area contributed by atoms with Crippen molar-refractivity contribution in [2.24, 2.45) is 0 Å². The van der Waals surface area contributed by atoms with Gasteiger partial charge in [-0.2, -0.15) is 0 Å². The maximum absolute atomic E-state index is 10.3. The Morgan fingerprint density at radius 1 is 1.33 bits per heavy atom. The van der Waals surface area contributed by atoms with Crippen LogP contribution in [-0.2, 0) is 4.43 Å². The van der Waals surface area contributed by atoms with Crippen molar-refractivity contribution >= 4 is 8.32 Å². The molecule has 2 N–H and O–H groups in total. The molecule has 0 spiro atoms. The molecule has 0 amide bonds. The summed E-state index contributed by atoms with van der Waals surface area (Å²) in [4.78, 5) is 0. The van der Waals surface area contributed by atoms with Crippen LogP contribution >= 0.6 is 0 Å². The zero-order valence-corrected chi connectivity index (χ0v) is 15.1. The molecule has 0 heterocycles. The second-order valence-corrected chi connectivity index (χ2v) is 12.2. The summed E-state index contributed by atoms with van der Waals surface area (Å²) in [6, 6.07) is 0. The van der Waals surface area contributed by atoms with Crippen molar-refractivity contribution in [1.82, 2.24) is 0 Å². The molecule has 0 unspecified atom stereocenters. The summed E-state index contributed by atoms with van der Waals surface area (Å²) >= 11 is 0. The lowest BCUT2D eigenvalue weighted by molar-refractivity contribution is 0.00636. The highest BCUT2D eigenvalue weighted by atomic mass is 28.4. The van der Waals surface area contributed by atoms with Crippen LogP contribution in [0.3, 0.4) is 0 Å². The molecule has 4 heteroatoms. The Labute approximate surface area is 130 Å². The Kier molecular flexibility index (Phi) is 6.24. The molecule has 120 valence electrons. The van der Waals surface area contributed by atoms with Gasteiger partial charge in [0.15, 0.2) is 8.32 Å². The Morgan fingerprint density at radius 2 is 1.95 bits per heavy atom. The fourth-order valence-corrected chi connectivity index (χ4v) is 3.01. The van der Waals surface area contributed by atoms with Crippen molar-refractivity contribution in [2.75, 3.05) is 13.2 Å². The third-order valence-electron chi connectivity index (χ3n) is 4.70. The van der Waals surface area contributed by atoms with Crippen LogP contribution in [-0.4, -0.2) is 37.3 Å². The topological polar surface area (TPSA) is 49.7 Å². The van der Waals surface area contributed by atoms with Gasteiger partial charge in [-0.1, -0.05) is 32.6 Å². The first-order valence-electron chi connectivity index (χ1n) is 7.79. The maximum atomic E-state index is 10.3. The summed E-state index contributed by atoms with van der Waals surface area (Å²) in [6.45, 7) is 11.7. The van der Waals surface area contributed by atoms with Crippen molar-refractivity contribution in [3.05, 3.63) is 11.6 Å². The van der Waals surface area contributed by atoms with Crippen LogP contribution in [0.5, 0.6) is 0 Å². The van der Waals surface area contributed by atoms with E-state index in [4.69, 9.17) is 9.53 Å². The van der Waals surface area contributed by atoms with Crippen LogP contribution in [0.25, 0.3) is 0 Å². The van der Waals surface area contributed by atoms with E-state index in [1.807, 2.05) is 0 Å². The molecule has 0 bridgehead atoms. The highest BCUT2D eigenvalue weighted by Crippen LogP contribution is 2.38. The van der Waals surface area contributed by atoms with Crippen LogP contribution in [0.4, 0.5) is 0 Å². The summed E-state index contributed by atoms with van der Waals surface area (Å²) in [5, 5.41) is 19.5. The predicted molar refractivity (Wildman–Crippen MR) is 89.5 cm³/mol. The van der Waals surface area contributed by atoms with E-state index in [1.165, 1.54) is 0 Å². The van der Waals surface area contributed by atoms with Crippen LogP contribution in [0.15, 0.2) is 11.6 Å². The summed E-state index contributed by atoms with van der Waals surface area (Å²) in [5.74, 6) is 6.10. The predicted octanol–water partition coefficient (Wildman–Crippen LogP) is 3.24. The van der Waals surface area contributed by atoms with Gasteiger partial charge >= 0.3 is 0 Å². The maximum Gasteiger partial charge on any atom is 0.192 e. The molecule has 1 aliphatic rings. The first-order valence-corrected chi connectivity index (χ1v) is 10.7. The smallest absolute Gasteiger partial charge is 0.192 e. The molecule has 1 rings (SSSR count). The second kappa shape index (κ2) is 7.10. The van der Waals surface area contributed by atoms with Crippen molar-refractivity contribution in [2.45, 2.75) is 70.2 Å². The van der Waals surface area contributed by atoms with Gasteiger partial charge in [-0.3, -0.25) is 0 Å². The first kappa shape index (κ1) is 18.4. The van der Waals surface area contributed by atoms with Crippen molar-refractivity contribution in [3.8, 4) is 11.8 Å². The minimum absolute atomic E-state index is 0.0766. The lowest BCUT2D eigenvalue weighted by atomic mass is 9.74. The van der Waals surface area contributed by atoms with E-state index in [9.17, 15) is 5.11 Å². The number of hydrogen-bond donors (Lipinski definition) is 2. The minimum atomic E-state index is -1.70. The Hall–Kier alpha value is -0.603. The highest BCUT2D eigenvalue weighted by Gasteiger charge is 2.38. The van der Waals surface area contributed by atoms with E-state index >= 15 is 0 Å². The van der Waals surface area contributed by atoms with Gasteiger partial charge in [-0.25, -0.2) is 0 Å². The molecule has 1 aliphatic carbocycles. The normalized spacial score (nSPS) is 18.7. The third kappa shape index (κ3) is 4.96. The number of hydrogen-bond acceptors (Lipinski definition) is 3. The van der Waals surface area contributed by atoms with Crippen LogP contribution in [0.2, 0.25) is 18.1 Å². The van der Waals surface area contributed by atoms with Crippen molar-refractivity contribution < 1.29 is 14.6 Å². The quantitative estimate of drug-likeness (QED) is 0.466. The molecule has 0 atom stereocenters.